The number of amides is 2. The average molecular weight is 269 g/mol. The van der Waals surface area contributed by atoms with Crippen LogP contribution in [0.15, 0.2) is 0 Å². The van der Waals surface area contributed by atoms with E-state index in [1.807, 2.05) is 20.8 Å². The summed E-state index contributed by atoms with van der Waals surface area (Å²) in [5.74, 6) is 0.0529. The zero-order valence-electron chi connectivity index (χ0n) is 12.4. The number of nitrogens with two attached hydrogens (primary N) is 1. The lowest BCUT2D eigenvalue weighted by atomic mass is 9.91. The van der Waals surface area contributed by atoms with Gasteiger partial charge in [0.15, 0.2) is 0 Å². The smallest absolute Gasteiger partial charge is 0.242 e. The van der Waals surface area contributed by atoms with Crippen molar-refractivity contribution in [1.82, 2.24) is 10.2 Å². The molecule has 0 aromatic heterocycles. The van der Waals surface area contributed by atoms with Crippen molar-refractivity contribution in [2.75, 3.05) is 19.6 Å². The quantitative estimate of drug-likeness (QED) is 0.727. The number of hydrogen-bond donors (Lipinski definition) is 2. The predicted octanol–water partition coefficient (Wildman–Crippen LogP) is 0.879. The summed E-state index contributed by atoms with van der Waals surface area (Å²) in [6.07, 6.45) is 2.93. The van der Waals surface area contributed by atoms with E-state index in [2.05, 4.69) is 5.32 Å². The molecular weight excluding hydrogens is 242 g/mol. The molecule has 1 atom stereocenters. The van der Waals surface area contributed by atoms with Crippen molar-refractivity contribution < 1.29 is 9.59 Å². The number of nitrogens with zero attached hydrogens (tertiary/aromatic N) is 1. The summed E-state index contributed by atoms with van der Waals surface area (Å²) >= 11 is 0. The van der Waals surface area contributed by atoms with Crippen LogP contribution in [0.2, 0.25) is 0 Å². The fourth-order valence-electron chi connectivity index (χ4n) is 2.32. The molecule has 0 aromatic carbocycles. The lowest BCUT2D eigenvalue weighted by Gasteiger charge is -2.27. The van der Waals surface area contributed by atoms with E-state index in [9.17, 15) is 9.59 Å². The predicted molar refractivity (Wildman–Crippen MR) is 75.5 cm³/mol. The molecule has 3 N–H and O–H groups in total. The molecule has 0 radical (unpaired) electrons. The van der Waals surface area contributed by atoms with Crippen LogP contribution in [0.5, 0.6) is 0 Å². The molecule has 0 aromatic rings. The van der Waals surface area contributed by atoms with Crippen LogP contribution in [-0.2, 0) is 9.59 Å². The fourth-order valence-corrected chi connectivity index (χ4v) is 2.32. The summed E-state index contributed by atoms with van der Waals surface area (Å²) in [6, 6.07) is -0.285. The van der Waals surface area contributed by atoms with Gasteiger partial charge in [-0.2, -0.15) is 0 Å². The Morgan fingerprint density at radius 2 is 2.05 bits per heavy atom. The van der Waals surface area contributed by atoms with Crippen molar-refractivity contribution in [3.8, 4) is 0 Å². The largest absolute Gasteiger partial charge is 0.354 e. The summed E-state index contributed by atoms with van der Waals surface area (Å²) in [5, 5.41) is 2.86. The Morgan fingerprint density at radius 1 is 1.37 bits per heavy atom. The highest BCUT2D eigenvalue weighted by atomic mass is 16.2. The van der Waals surface area contributed by atoms with Gasteiger partial charge in [0.1, 0.15) is 6.04 Å². The van der Waals surface area contributed by atoms with Gasteiger partial charge in [0.25, 0.3) is 0 Å². The van der Waals surface area contributed by atoms with Gasteiger partial charge in [-0.3, -0.25) is 9.59 Å². The third kappa shape index (κ3) is 5.19. The fraction of sp³-hybridized carbons (Fsp3) is 0.857. The Morgan fingerprint density at radius 3 is 2.63 bits per heavy atom. The number of hydrogen-bond acceptors (Lipinski definition) is 3. The maximum absolute atomic E-state index is 12.2. The molecule has 1 saturated heterocycles. The number of likely N-dealkylation sites (tertiary alicyclic amines) is 1. The molecule has 0 aliphatic carbocycles. The summed E-state index contributed by atoms with van der Waals surface area (Å²) < 4.78 is 0. The molecule has 1 rings (SSSR count). The van der Waals surface area contributed by atoms with Gasteiger partial charge >= 0.3 is 0 Å². The minimum atomic E-state index is -0.285. The molecule has 19 heavy (non-hydrogen) atoms. The molecule has 1 aliphatic heterocycles. The standard InChI is InChI=1S/C14H27N3O2/c1-14(2,3)10-12(18)17-9-4-6-11(17)13(19)16-8-5-7-15/h11H,4-10,15H2,1-3H3,(H,16,19). The monoisotopic (exact) mass is 269 g/mol. The van der Waals surface area contributed by atoms with Crippen molar-refractivity contribution in [2.24, 2.45) is 11.1 Å². The highest BCUT2D eigenvalue weighted by Crippen LogP contribution is 2.24. The molecule has 110 valence electrons. The van der Waals surface area contributed by atoms with Crippen LogP contribution < -0.4 is 11.1 Å². The van der Waals surface area contributed by atoms with Gasteiger partial charge in [-0.1, -0.05) is 20.8 Å². The second kappa shape index (κ2) is 6.89. The maximum atomic E-state index is 12.2. The van der Waals surface area contributed by atoms with Crippen LogP contribution in [0.25, 0.3) is 0 Å². The lowest BCUT2D eigenvalue weighted by Crippen LogP contribution is -2.47. The Kier molecular flexibility index (Phi) is 5.79. The van der Waals surface area contributed by atoms with Crippen molar-refractivity contribution in [3.63, 3.8) is 0 Å². The first-order chi connectivity index (χ1) is 8.85. The molecule has 5 nitrogen and oxygen atoms in total. The molecule has 0 spiro atoms. The highest BCUT2D eigenvalue weighted by Gasteiger charge is 2.34. The first-order valence-corrected chi connectivity index (χ1v) is 7.12. The van der Waals surface area contributed by atoms with Gasteiger partial charge in [0.05, 0.1) is 0 Å². The molecular formula is C14H27N3O2. The van der Waals surface area contributed by atoms with Gasteiger partial charge in [0, 0.05) is 19.5 Å². The summed E-state index contributed by atoms with van der Waals surface area (Å²) in [6.45, 7) is 7.97. The zero-order valence-corrected chi connectivity index (χ0v) is 12.4. The summed E-state index contributed by atoms with van der Waals surface area (Å²) in [4.78, 5) is 26.0. The molecule has 2 amide bonds. The van der Waals surface area contributed by atoms with E-state index in [4.69, 9.17) is 5.73 Å². The number of rotatable bonds is 5. The van der Waals surface area contributed by atoms with E-state index in [0.29, 0.717) is 26.1 Å². The van der Waals surface area contributed by atoms with E-state index < -0.39 is 0 Å². The molecule has 0 bridgehead atoms. The zero-order chi connectivity index (χ0) is 14.5. The minimum Gasteiger partial charge on any atom is -0.354 e. The van der Waals surface area contributed by atoms with Crippen molar-refractivity contribution >= 4 is 11.8 Å². The summed E-state index contributed by atoms with van der Waals surface area (Å²) in [7, 11) is 0. The van der Waals surface area contributed by atoms with Crippen LogP contribution in [-0.4, -0.2) is 42.4 Å². The second-order valence-electron chi connectivity index (χ2n) is 6.42. The highest BCUT2D eigenvalue weighted by molar-refractivity contribution is 5.88. The average Bonchev–Trinajstić information content (AvgIpc) is 2.75. The normalized spacial score (nSPS) is 19.6. The Hall–Kier alpha value is -1.10. The lowest BCUT2D eigenvalue weighted by molar-refractivity contribution is -0.139. The first-order valence-electron chi connectivity index (χ1n) is 7.12. The van der Waals surface area contributed by atoms with E-state index >= 15 is 0 Å². The van der Waals surface area contributed by atoms with Gasteiger partial charge < -0.3 is 16.0 Å². The molecule has 1 aliphatic rings. The molecule has 5 heteroatoms. The Labute approximate surface area is 115 Å². The Bertz CT molecular complexity index is 323. The number of nitrogens with one attached hydrogen (secondary N) is 1. The molecule has 1 heterocycles. The van der Waals surface area contributed by atoms with E-state index in [-0.39, 0.29) is 23.3 Å². The Balaban J connectivity index is 2.53. The topological polar surface area (TPSA) is 75.4 Å². The third-order valence-electron chi connectivity index (χ3n) is 3.24. The van der Waals surface area contributed by atoms with Crippen LogP contribution in [0.3, 0.4) is 0 Å². The maximum Gasteiger partial charge on any atom is 0.242 e. The van der Waals surface area contributed by atoms with E-state index in [1.54, 1.807) is 4.90 Å². The van der Waals surface area contributed by atoms with Gasteiger partial charge in [0.2, 0.25) is 11.8 Å². The van der Waals surface area contributed by atoms with Crippen LogP contribution in [0.4, 0.5) is 0 Å². The number of carbonyl (C=O) groups excluding carboxylic acids is 2. The van der Waals surface area contributed by atoms with Crippen LogP contribution in [0, 0.1) is 5.41 Å². The van der Waals surface area contributed by atoms with E-state index in [1.165, 1.54) is 0 Å². The van der Waals surface area contributed by atoms with Crippen molar-refractivity contribution in [3.05, 3.63) is 0 Å². The van der Waals surface area contributed by atoms with Gasteiger partial charge in [-0.25, -0.2) is 0 Å². The SMILES string of the molecule is CC(C)(C)CC(=O)N1CCCC1C(=O)NCCCN. The van der Waals surface area contributed by atoms with Gasteiger partial charge in [-0.15, -0.1) is 0 Å². The molecule has 1 fully saturated rings. The van der Waals surface area contributed by atoms with E-state index in [0.717, 1.165) is 19.3 Å². The van der Waals surface area contributed by atoms with Crippen molar-refractivity contribution in [1.29, 1.82) is 0 Å². The molecule has 1 unspecified atom stereocenters. The first kappa shape index (κ1) is 16.0. The number of carbonyl (C=O) groups is 2. The third-order valence-corrected chi connectivity index (χ3v) is 3.24. The molecule has 0 saturated carbocycles. The minimum absolute atomic E-state index is 0.0341. The van der Waals surface area contributed by atoms with Gasteiger partial charge in [-0.05, 0) is 31.2 Å². The summed E-state index contributed by atoms with van der Waals surface area (Å²) in [5.41, 5.74) is 5.36. The van der Waals surface area contributed by atoms with Crippen LogP contribution >= 0.6 is 0 Å². The second-order valence-corrected chi connectivity index (χ2v) is 6.42. The van der Waals surface area contributed by atoms with Crippen molar-refractivity contribution in [2.45, 2.75) is 52.5 Å². The van der Waals surface area contributed by atoms with Crippen LogP contribution in [0.1, 0.15) is 46.5 Å².